The van der Waals surface area contributed by atoms with Gasteiger partial charge in [-0.2, -0.15) is 0 Å². The normalized spacial score (nSPS) is 19.7. The number of carbonyl (C=O) groups is 1. The highest BCUT2D eigenvalue weighted by Crippen LogP contribution is 2.32. The average molecular weight is 407 g/mol. The summed E-state index contributed by atoms with van der Waals surface area (Å²) in [6, 6.07) is 6.57. The molecule has 1 aromatic carbocycles. The van der Waals surface area contributed by atoms with Crippen molar-refractivity contribution in [1.82, 2.24) is 10.2 Å². The Bertz CT molecular complexity index is 563. The van der Waals surface area contributed by atoms with E-state index in [4.69, 9.17) is 5.73 Å². The van der Waals surface area contributed by atoms with Crippen LogP contribution in [0.5, 0.6) is 0 Å². The molecular formula is C18H29Cl2FN4O. The monoisotopic (exact) mass is 406 g/mol. The standard InChI is InChI=1S/C18H27FN4O.2ClH/c1-13(18(24)21-17(12-20)14-2-3-14)22-8-10-23(11-9-22)16-6-4-15(19)5-7-16;;/h4-7,13-14,17H,2-3,8-12,20H2,1H3,(H,21,24);2*1H. The van der Waals surface area contributed by atoms with Gasteiger partial charge in [-0.25, -0.2) is 4.39 Å². The van der Waals surface area contributed by atoms with Gasteiger partial charge < -0.3 is 16.0 Å². The number of benzene rings is 1. The summed E-state index contributed by atoms with van der Waals surface area (Å²) in [5.74, 6) is 0.432. The van der Waals surface area contributed by atoms with E-state index in [1.54, 1.807) is 0 Å². The van der Waals surface area contributed by atoms with E-state index in [1.807, 2.05) is 19.1 Å². The Morgan fingerprint density at radius 3 is 2.27 bits per heavy atom. The molecule has 1 heterocycles. The van der Waals surface area contributed by atoms with Gasteiger partial charge in [-0.15, -0.1) is 24.8 Å². The fraction of sp³-hybridized carbons (Fsp3) is 0.611. The Labute approximate surface area is 167 Å². The summed E-state index contributed by atoms with van der Waals surface area (Å²) in [5, 5.41) is 3.11. The van der Waals surface area contributed by atoms with Crippen LogP contribution in [-0.2, 0) is 4.79 Å². The van der Waals surface area contributed by atoms with Gasteiger partial charge in [0.1, 0.15) is 5.82 Å². The van der Waals surface area contributed by atoms with Crippen LogP contribution in [0.3, 0.4) is 0 Å². The second-order valence-electron chi connectivity index (χ2n) is 6.86. The molecule has 0 spiro atoms. The molecule has 0 radical (unpaired) electrons. The van der Waals surface area contributed by atoms with Crippen LogP contribution >= 0.6 is 24.8 Å². The summed E-state index contributed by atoms with van der Waals surface area (Å²) >= 11 is 0. The Kier molecular flexibility index (Phi) is 9.10. The summed E-state index contributed by atoms with van der Waals surface area (Å²) in [6.45, 7) is 5.80. The van der Waals surface area contributed by atoms with Crippen LogP contribution in [-0.4, -0.2) is 55.6 Å². The molecule has 148 valence electrons. The zero-order valence-electron chi connectivity index (χ0n) is 15.1. The number of hydrogen-bond donors (Lipinski definition) is 2. The summed E-state index contributed by atoms with van der Waals surface area (Å²) in [4.78, 5) is 16.9. The van der Waals surface area contributed by atoms with Crippen LogP contribution in [0.1, 0.15) is 19.8 Å². The smallest absolute Gasteiger partial charge is 0.237 e. The summed E-state index contributed by atoms with van der Waals surface area (Å²) < 4.78 is 13.0. The number of nitrogens with zero attached hydrogens (tertiary/aromatic N) is 2. The van der Waals surface area contributed by atoms with Gasteiger partial charge in [-0.1, -0.05) is 0 Å². The predicted octanol–water partition coefficient (Wildman–Crippen LogP) is 2.03. The topological polar surface area (TPSA) is 61.6 Å². The lowest BCUT2D eigenvalue weighted by molar-refractivity contribution is -0.126. The first-order chi connectivity index (χ1) is 11.6. The zero-order chi connectivity index (χ0) is 17.1. The van der Waals surface area contributed by atoms with Crippen molar-refractivity contribution >= 4 is 36.4 Å². The molecule has 1 amide bonds. The third kappa shape index (κ3) is 5.71. The summed E-state index contributed by atoms with van der Waals surface area (Å²) in [5.41, 5.74) is 6.80. The van der Waals surface area contributed by atoms with Crippen LogP contribution in [0, 0.1) is 11.7 Å². The highest BCUT2D eigenvalue weighted by Gasteiger charge is 2.33. The SMILES string of the molecule is CC(C(=O)NC(CN)C1CC1)N1CCN(c2ccc(F)cc2)CC1.Cl.Cl. The highest BCUT2D eigenvalue weighted by atomic mass is 35.5. The van der Waals surface area contributed by atoms with E-state index in [2.05, 4.69) is 15.1 Å². The summed E-state index contributed by atoms with van der Waals surface area (Å²) in [7, 11) is 0. The van der Waals surface area contributed by atoms with Crippen molar-refractivity contribution in [2.24, 2.45) is 11.7 Å². The maximum Gasteiger partial charge on any atom is 0.237 e. The number of hydrogen-bond acceptors (Lipinski definition) is 4. The minimum Gasteiger partial charge on any atom is -0.369 e. The Morgan fingerprint density at radius 2 is 1.77 bits per heavy atom. The van der Waals surface area contributed by atoms with Crippen molar-refractivity contribution < 1.29 is 9.18 Å². The molecule has 2 atom stereocenters. The molecule has 2 aliphatic rings. The molecule has 0 bridgehead atoms. The maximum atomic E-state index is 13.0. The van der Waals surface area contributed by atoms with Gasteiger partial charge in [-0.3, -0.25) is 9.69 Å². The Balaban J connectivity index is 0.00000169. The van der Waals surface area contributed by atoms with Gasteiger partial charge in [0.2, 0.25) is 5.91 Å². The van der Waals surface area contributed by atoms with Gasteiger partial charge in [0.25, 0.3) is 0 Å². The van der Waals surface area contributed by atoms with E-state index in [0.717, 1.165) is 31.9 Å². The molecule has 1 aromatic rings. The first-order valence-corrected chi connectivity index (χ1v) is 8.83. The van der Waals surface area contributed by atoms with Crippen molar-refractivity contribution in [3.05, 3.63) is 30.1 Å². The quantitative estimate of drug-likeness (QED) is 0.758. The maximum absolute atomic E-state index is 13.0. The van der Waals surface area contributed by atoms with Gasteiger partial charge in [0.15, 0.2) is 0 Å². The number of carbonyl (C=O) groups excluding carboxylic acids is 1. The second-order valence-corrected chi connectivity index (χ2v) is 6.86. The first kappa shape index (κ1) is 23.0. The number of amides is 1. The van der Waals surface area contributed by atoms with E-state index in [9.17, 15) is 9.18 Å². The lowest BCUT2D eigenvalue weighted by Gasteiger charge is -2.38. The van der Waals surface area contributed by atoms with Crippen molar-refractivity contribution in [3.63, 3.8) is 0 Å². The van der Waals surface area contributed by atoms with Crippen molar-refractivity contribution in [2.75, 3.05) is 37.6 Å². The van der Waals surface area contributed by atoms with E-state index < -0.39 is 0 Å². The van der Waals surface area contributed by atoms with Crippen LogP contribution < -0.4 is 16.0 Å². The average Bonchev–Trinajstić information content (AvgIpc) is 3.44. The number of anilines is 1. The lowest BCUT2D eigenvalue weighted by Crippen LogP contribution is -2.56. The van der Waals surface area contributed by atoms with Crippen molar-refractivity contribution in [2.45, 2.75) is 31.8 Å². The van der Waals surface area contributed by atoms with Gasteiger partial charge in [-0.05, 0) is 49.9 Å². The third-order valence-electron chi connectivity index (χ3n) is 5.21. The molecule has 8 heteroatoms. The molecule has 1 saturated carbocycles. The van der Waals surface area contributed by atoms with Crippen LogP contribution in [0.4, 0.5) is 10.1 Å². The van der Waals surface area contributed by atoms with Crippen molar-refractivity contribution in [1.29, 1.82) is 0 Å². The lowest BCUT2D eigenvalue weighted by atomic mass is 10.1. The van der Waals surface area contributed by atoms with E-state index >= 15 is 0 Å². The number of piperazine rings is 1. The van der Waals surface area contributed by atoms with E-state index in [0.29, 0.717) is 12.5 Å². The molecule has 2 unspecified atom stereocenters. The van der Waals surface area contributed by atoms with Crippen LogP contribution in [0.15, 0.2) is 24.3 Å². The number of rotatable bonds is 6. The van der Waals surface area contributed by atoms with Gasteiger partial charge in [0.05, 0.1) is 6.04 Å². The van der Waals surface area contributed by atoms with Gasteiger partial charge >= 0.3 is 0 Å². The highest BCUT2D eigenvalue weighted by molar-refractivity contribution is 5.85. The zero-order valence-corrected chi connectivity index (χ0v) is 16.7. The van der Waals surface area contributed by atoms with E-state index in [-0.39, 0.29) is 48.6 Å². The molecule has 5 nitrogen and oxygen atoms in total. The van der Waals surface area contributed by atoms with Crippen LogP contribution in [0.25, 0.3) is 0 Å². The molecule has 2 fully saturated rings. The second kappa shape index (κ2) is 10.3. The predicted molar refractivity (Wildman–Crippen MR) is 108 cm³/mol. The number of nitrogens with one attached hydrogen (secondary N) is 1. The molecule has 3 N–H and O–H groups in total. The fourth-order valence-electron chi connectivity index (χ4n) is 3.36. The molecule has 3 rings (SSSR count). The first-order valence-electron chi connectivity index (χ1n) is 8.83. The minimum absolute atomic E-state index is 0. The molecular weight excluding hydrogens is 378 g/mol. The van der Waals surface area contributed by atoms with Crippen molar-refractivity contribution in [3.8, 4) is 0 Å². The van der Waals surface area contributed by atoms with Gasteiger partial charge in [0, 0.05) is 44.5 Å². The van der Waals surface area contributed by atoms with E-state index in [1.165, 1.54) is 25.0 Å². The fourth-order valence-corrected chi connectivity index (χ4v) is 3.36. The molecule has 1 saturated heterocycles. The Hall–Kier alpha value is -1.08. The summed E-state index contributed by atoms with van der Waals surface area (Å²) in [6.07, 6.45) is 2.35. The molecule has 0 aromatic heterocycles. The number of halogens is 3. The molecule has 1 aliphatic carbocycles. The largest absolute Gasteiger partial charge is 0.369 e. The molecule has 1 aliphatic heterocycles. The van der Waals surface area contributed by atoms with Crippen LogP contribution in [0.2, 0.25) is 0 Å². The Morgan fingerprint density at radius 1 is 1.19 bits per heavy atom. The molecule has 26 heavy (non-hydrogen) atoms. The number of nitrogens with two attached hydrogens (primary N) is 1. The minimum atomic E-state index is -0.215. The third-order valence-corrected chi connectivity index (χ3v) is 5.21.